The zero-order chi connectivity index (χ0) is 22.9. The van der Waals surface area contributed by atoms with Gasteiger partial charge in [-0.3, -0.25) is 14.4 Å². The van der Waals surface area contributed by atoms with Gasteiger partial charge in [0.1, 0.15) is 17.2 Å². The van der Waals surface area contributed by atoms with E-state index in [0.29, 0.717) is 25.0 Å². The van der Waals surface area contributed by atoms with Crippen molar-refractivity contribution < 1.29 is 18.8 Å². The molecule has 0 bridgehead atoms. The van der Waals surface area contributed by atoms with Gasteiger partial charge in [0.05, 0.1) is 0 Å². The van der Waals surface area contributed by atoms with E-state index in [9.17, 15) is 14.4 Å². The molecule has 0 radical (unpaired) electrons. The Morgan fingerprint density at radius 2 is 2.03 bits per heavy atom. The van der Waals surface area contributed by atoms with Gasteiger partial charge in [-0.2, -0.15) is 0 Å². The zero-order valence-electron chi connectivity index (χ0n) is 18.6. The first kappa shape index (κ1) is 21.9. The maximum atomic E-state index is 12.9. The topological polar surface area (TPSA) is 91.7 Å². The van der Waals surface area contributed by atoms with Gasteiger partial charge in [-0.15, -0.1) is 6.42 Å². The second kappa shape index (κ2) is 8.70. The van der Waals surface area contributed by atoms with Crippen molar-refractivity contribution in [3.63, 3.8) is 0 Å². The minimum absolute atomic E-state index is 0.100. The second-order valence-corrected chi connectivity index (χ2v) is 9.21. The molecule has 1 aromatic heterocycles. The number of carbonyl (C=O) groups excluding carboxylic acids is 3. The summed E-state index contributed by atoms with van der Waals surface area (Å²) in [6, 6.07) is 6.45. The lowest BCUT2D eigenvalue weighted by Gasteiger charge is -2.26. The molecule has 0 unspecified atom stereocenters. The van der Waals surface area contributed by atoms with Crippen LogP contribution in [-0.2, 0) is 9.59 Å². The van der Waals surface area contributed by atoms with E-state index in [1.165, 1.54) is 0 Å². The number of carbonyl (C=O) groups is 3. The third-order valence-corrected chi connectivity index (χ3v) is 6.08. The molecule has 2 aromatic rings. The van der Waals surface area contributed by atoms with E-state index in [0.717, 1.165) is 36.8 Å². The number of nitrogens with zero attached hydrogens (tertiary/aromatic N) is 1. The second-order valence-electron chi connectivity index (χ2n) is 9.21. The van der Waals surface area contributed by atoms with E-state index in [4.69, 9.17) is 10.8 Å². The monoisotopic (exact) mass is 435 g/mol. The van der Waals surface area contributed by atoms with Crippen LogP contribution in [0.3, 0.4) is 0 Å². The van der Waals surface area contributed by atoms with Gasteiger partial charge in [0.2, 0.25) is 11.8 Å². The summed E-state index contributed by atoms with van der Waals surface area (Å²) in [5.74, 6) is 2.34. The fourth-order valence-corrected chi connectivity index (χ4v) is 4.06. The number of hydrogen-bond donors (Lipinski definition) is 2. The maximum absolute atomic E-state index is 12.9. The van der Waals surface area contributed by atoms with E-state index < -0.39 is 17.5 Å². The van der Waals surface area contributed by atoms with Gasteiger partial charge in [0, 0.05) is 30.1 Å². The van der Waals surface area contributed by atoms with Crippen LogP contribution < -0.4 is 15.5 Å². The summed E-state index contributed by atoms with van der Waals surface area (Å²) in [6.07, 6.45) is 9.96. The van der Waals surface area contributed by atoms with Crippen LogP contribution in [0.4, 0.5) is 5.69 Å². The molecule has 1 atom stereocenters. The Hall–Kier alpha value is -3.27. The Kier molecular flexibility index (Phi) is 5.96. The fraction of sp³-hybridized carbons (Fsp3) is 0.480. The predicted octanol–water partition coefficient (Wildman–Crippen LogP) is 3.38. The number of terminal acetylenes is 1. The zero-order valence-corrected chi connectivity index (χ0v) is 18.6. The van der Waals surface area contributed by atoms with Crippen molar-refractivity contribution in [1.82, 2.24) is 10.6 Å². The van der Waals surface area contributed by atoms with Gasteiger partial charge in [0.15, 0.2) is 5.76 Å². The number of hydrogen-bond acceptors (Lipinski definition) is 4. The lowest BCUT2D eigenvalue weighted by Crippen LogP contribution is -2.50. The molecular weight excluding hydrogens is 406 g/mol. The van der Waals surface area contributed by atoms with Crippen molar-refractivity contribution in [1.29, 1.82) is 0 Å². The number of piperidine rings is 1. The summed E-state index contributed by atoms with van der Waals surface area (Å²) in [4.78, 5) is 39.7. The van der Waals surface area contributed by atoms with Crippen molar-refractivity contribution in [3.8, 4) is 12.3 Å². The fourth-order valence-electron chi connectivity index (χ4n) is 4.06. The number of nitrogens with one attached hydrogen (secondary N) is 2. The van der Waals surface area contributed by atoms with Crippen LogP contribution in [-0.4, -0.2) is 35.8 Å². The molecule has 1 aliphatic carbocycles. The van der Waals surface area contributed by atoms with Crippen LogP contribution in [0.25, 0.3) is 11.0 Å². The molecule has 2 aliphatic rings. The standard InChI is InChI=1S/C25H29N3O4/c1-4-25(10-11-25)27-23(30)19(13-16(2)3)26-24(31)21-14-17-8-9-18(15-20(17)32-21)28-12-6-5-7-22(28)29/h1,8-9,14-16,19H,5-7,10-13H2,2-3H3,(H,26,31)(H,27,30)/t19-/m0/s1. The van der Waals surface area contributed by atoms with Crippen molar-refractivity contribution in [3.05, 3.63) is 30.0 Å². The Bertz CT molecular complexity index is 1090. The Balaban J connectivity index is 1.50. The first-order chi connectivity index (χ1) is 15.3. The molecule has 4 rings (SSSR count). The quantitative estimate of drug-likeness (QED) is 0.653. The van der Waals surface area contributed by atoms with E-state index in [1.807, 2.05) is 26.0 Å². The number of anilines is 1. The third-order valence-electron chi connectivity index (χ3n) is 6.08. The smallest absolute Gasteiger partial charge is 0.287 e. The molecule has 168 valence electrons. The lowest BCUT2D eigenvalue weighted by molar-refractivity contribution is -0.124. The Morgan fingerprint density at radius 1 is 1.25 bits per heavy atom. The van der Waals surface area contributed by atoms with E-state index >= 15 is 0 Å². The highest BCUT2D eigenvalue weighted by molar-refractivity contribution is 6.00. The molecule has 2 fully saturated rings. The normalized spacial score (nSPS) is 18.3. The van der Waals surface area contributed by atoms with Crippen molar-refractivity contribution in [2.24, 2.45) is 5.92 Å². The highest BCUT2D eigenvalue weighted by Crippen LogP contribution is 2.34. The first-order valence-corrected chi connectivity index (χ1v) is 11.2. The minimum atomic E-state index is -0.705. The van der Waals surface area contributed by atoms with Crippen LogP contribution >= 0.6 is 0 Å². The molecule has 0 spiro atoms. The summed E-state index contributed by atoms with van der Waals surface area (Å²) < 4.78 is 5.80. The van der Waals surface area contributed by atoms with Crippen LogP contribution in [0, 0.1) is 18.3 Å². The molecule has 32 heavy (non-hydrogen) atoms. The average molecular weight is 436 g/mol. The molecule has 7 heteroatoms. The number of rotatable bonds is 7. The Labute approximate surface area is 187 Å². The maximum Gasteiger partial charge on any atom is 0.287 e. The highest BCUT2D eigenvalue weighted by Gasteiger charge is 2.43. The molecule has 2 N–H and O–H groups in total. The minimum Gasteiger partial charge on any atom is -0.451 e. The van der Waals surface area contributed by atoms with Crippen LogP contribution in [0.5, 0.6) is 0 Å². The number of benzene rings is 1. The van der Waals surface area contributed by atoms with Gasteiger partial charge in [-0.05, 0) is 56.2 Å². The van der Waals surface area contributed by atoms with Gasteiger partial charge in [-0.1, -0.05) is 19.8 Å². The summed E-state index contributed by atoms with van der Waals surface area (Å²) in [6.45, 7) is 4.67. The van der Waals surface area contributed by atoms with Crippen LogP contribution in [0.2, 0.25) is 0 Å². The van der Waals surface area contributed by atoms with Crippen LogP contribution in [0.1, 0.15) is 62.9 Å². The Morgan fingerprint density at radius 3 is 2.69 bits per heavy atom. The molecule has 2 heterocycles. The lowest BCUT2D eigenvalue weighted by atomic mass is 10.0. The summed E-state index contributed by atoms with van der Waals surface area (Å²) >= 11 is 0. The molecule has 1 saturated carbocycles. The van der Waals surface area contributed by atoms with Gasteiger partial charge >= 0.3 is 0 Å². The number of furan rings is 1. The van der Waals surface area contributed by atoms with E-state index in [-0.39, 0.29) is 23.5 Å². The molecule has 1 aliphatic heterocycles. The van der Waals surface area contributed by atoms with E-state index in [1.54, 1.807) is 17.0 Å². The largest absolute Gasteiger partial charge is 0.451 e. The molecule has 1 saturated heterocycles. The van der Waals surface area contributed by atoms with Gasteiger partial charge in [-0.25, -0.2) is 0 Å². The van der Waals surface area contributed by atoms with E-state index in [2.05, 4.69) is 16.6 Å². The number of amides is 3. The van der Waals surface area contributed by atoms with Crippen molar-refractivity contribution in [2.75, 3.05) is 11.4 Å². The SMILES string of the molecule is C#CC1(NC(=O)[C@H](CC(C)C)NC(=O)c2cc3ccc(N4CCCCC4=O)cc3o2)CC1. The third kappa shape index (κ3) is 4.64. The van der Waals surface area contributed by atoms with Crippen molar-refractivity contribution in [2.45, 2.75) is 64.0 Å². The summed E-state index contributed by atoms with van der Waals surface area (Å²) in [5, 5.41) is 6.46. The van der Waals surface area contributed by atoms with Gasteiger partial charge in [0.25, 0.3) is 5.91 Å². The van der Waals surface area contributed by atoms with Crippen LogP contribution in [0.15, 0.2) is 28.7 Å². The number of fused-ring (bicyclic) bond motifs is 1. The molecule has 1 aromatic carbocycles. The molecule has 7 nitrogen and oxygen atoms in total. The van der Waals surface area contributed by atoms with Gasteiger partial charge < -0.3 is 20.0 Å². The first-order valence-electron chi connectivity index (χ1n) is 11.2. The predicted molar refractivity (Wildman–Crippen MR) is 122 cm³/mol. The highest BCUT2D eigenvalue weighted by atomic mass is 16.3. The average Bonchev–Trinajstić information content (AvgIpc) is 3.40. The van der Waals surface area contributed by atoms with Crippen molar-refractivity contribution >= 4 is 34.4 Å². The molecular formula is C25H29N3O4. The summed E-state index contributed by atoms with van der Waals surface area (Å²) in [7, 11) is 0. The molecule has 3 amide bonds. The summed E-state index contributed by atoms with van der Waals surface area (Å²) in [5.41, 5.74) is 0.725.